The first-order valence-corrected chi connectivity index (χ1v) is 11.6. The summed E-state index contributed by atoms with van der Waals surface area (Å²) in [5.74, 6) is 29.3. The molecule has 0 bridgehead atoms. The lowest BCUT2D eigenvalue weighted by Crippen LogP contribution is -2.28. The van der Waals surface area contributed by atoms with E-state index in [0.29, 0.717) is 0 Å². The van der Waals surface area contributed by atoms with Gasteiger partial charge < -0.3 is 20.7 Å². The molecule has 0 radical (unpaired) electrons. The third-order valence-electron chi connectivity index (χ3n) is 4.25. The molecule has 0 heterocycles. The van der Waals surface area contributed by atoms with E-state index in [-0.39, 0.29) is 37.7 Å². The van der Waals surface area contributed by atoms with Gasteiger partial charge in [0.1, 0.15) is 6.61 Å². The maximum Gasteiger partial charge on any atom is 0.385 e. The third kappa shape index (κ3) is 24.4. The molecule has 0 aromatic heterocycles. The molecule has 0 saturated carbocycles. The van der Waals surface area contributed by atoms with Crippen LogP contribution in [0.25, 0.3) is 0 Å². The predicted octanol–water partition coefficient (Wildman–Crippen LogP) is 6.37. The number of hydrogen-bond acceptors (Lipinski definition) is 6. The Morgan fingerprint density at radius 2 is 1.25 bits per heavy atom. The Balaban J connectivity index is -0.0000000635. The van der Waals surface area contributed by atoms with Crippen molar-refractivity contribution in [2.24, 2.45) is 0 Å². The largest absolute Gasteiger partial charge is 0.456 e. The maximum absolute atomic E-state index is 11.9. The number of hydrogen-bond donors (Lipinski definition) is 2. The van der Waals surface area contributed by atoms with Gasteiger partial charge in [0.2, 0.25) is 0 Å². The van der Waals surface area contributed by atoms with E-state index in [1.807, 2.05) is 0 Å². The van der Waals surface area contributed by atoms with E-state index in [9.17, 15) is 14.7 Å². The summed E-state index contributed by atoms with van der Waals surface area (Å²) in [5, 5.41) is 9.33. The standard InChI is InChI=1S/C30H30O5.H3N.13H2/c1-3-5-7-9-11-13-14-15-17-18-20-22-24-29(32)34-27-28(26-31)35-30(33)25-23-21-19-16-12-10-8-6-4-2;;;;;;;;;;;;;;/h1,28,31H,4,6,8,10,12,16,19,21,23,25-27H2,2H3;1H3;13*1H/t28-;;;;;;;;;;;;;;/m1............../s1. The summed E-state index contributed by atoms with van der Waals surface area (Å²) in [5.41, 5.74) is 0. The molecule has 0 aliphatic rings. The van der Waals surface area contributed by atoms with Crippen LogP contribution in [-0.2, 0) is 19.1 Å². The summed E-state index contributed by atoms with van der Waals surface area (Å²) in [6.07, 6.45) is 14.6. The van der Waals surface area contributed by atoms with Crippen LogP contribution in [0.4, 0.5) is 0 Å². The highest BCUT2D eigenvalue weighted by atomic mass is 16.6. The Labute approximate surface area is 235 Å². The fourth-order valence-electron chi connectivity index (χ4n) is 2.55. The first kappa shape index (κ1) is 34.0. The second-order valence-corrected chi connectivity index (χ2v) is 7.12. The van der Waals surface area contributed by atoms with Crippen LogP contribution in [-0.4, -0.2) is 36.4 Å². The molecule has 1 atom stereocenters. The van der Waals surface area contributed by atoms with Crippen molar-refractivity contribution in [1.29, 1.82) is 0 Å². The number of carbonyl (C=O) groups excluding carboxylic acids is 2. The van der Waals surface area contributed by atoms with Gasteiger partial charge in [0.25, 0.3) is 0 Å². The average molecular weight is 514 g/mol. The number of ether oxygens (including phenoxy) is 2. The minimum absolute atomic E-state index is 0. The van der Waals surface area contributed by atoms with Gasteiger partial charge in [0.05, 0.1) is 6.61 Å². The minimum Gasteiger partial charge on any atom is -0.456 e. The normalized spacial score (nSPS) is 8.69. The van der Waals surface area contributed by atoms with E-state index in [1.165, 1.54) is 38.5 Å². The first-order chi connectivity index (χ1) is 17.1. The van der Waals surface area contributed by atoms with Crippen LogP contribution in [0.15, 0.2) is 0 Å². The fourth-order valence-corrected chi connectivity index (χ4v) is 2.55. The quantitative estimate of drug-likeness (QED) is 0.121. The van der Waals surface area contributed by atoms with Crippen molar-refractivity contribution in [3.05, 3.63) is 0 Å². The zero-order valence-corrected chi connectivity index (χ0v) is 20.9. The molecule has 0 aromatic rings. The van der Waals surface area contributed by atoms with Gasteiger partial charge in [-0.05, 0) is 77.5 Å². The molecular weight excluding hydrogens is 454 g/mol. The van der Waals surface area contributed by atoms with E-state index >= 15 is 0 Å². The summed E-state index contributed by atoms with van der Waals surface area (Å²) >= 11 is 0. The van der Waals surface area contributed by atoms with Crippen LogP contribution in [0.2, 0.25) is 0 Å². The van der Waals surface area contributed by atoms with E-state index in [4.69, 9.17) is 15.9 Å². The van der Waals surface area contributed by atoms with Gasteiger partial charge in [-0.3, -0.25) is 4.79 Å². The van der Waals surface area contributed by atoms with Gasteiger partial charge in [0.15, 0.2) is 6.10 Å². The Morgan fingerprint density at radius 3 is 1.75 bits per heavy atom. The second kappa shape index (κ2) is 27.0. The van der Waals surface area contributed by atoms with Crippen LogP contribution >= 0.6 is 0 Å². The van der Waals surface area contributed by atoms with Crippen molar-refractivity contribution in [2.45, 2.75) is 77.2 Å². The summed E-state index contributed by atoms with van der Waals surface area (Å²) in [7, 11) is 0. The van der Waals surface area contributed by atoms with Gasteiger partial charge in [-0.25, -0.2) is 4.79 Å². The van der Waals surface area contributed by atoms with Crippen LogP contribution in [0.5, 0.6) is 0 Å². The fraction of sp³-hybridized carbons (Fsp3) is 0.467. The van der Waals surface area contributed by atoms with Crippen molar-refractivity contribution in [2.75, 3.05) is 13.2 Å². The van der Waals surface area contributed by atoms with Crippen molar-refractivity contribution in [3.8, 4) is 83.4 Å². The van der Waals surface area contributed by atoms with Crippen LogP contribution < -0.4 is 6.15 Å². The lowest BCUT2D eigenvalue weighted by molar-refractivity contribution is -0.159. The molecular formula is C30H59NO5. The molecule has 0 aliphatic carbocycles. The summed E-state index contributed by atoms with van der Waals surface area (Å²) in [6, 6.07) is 0. The summed E-state index contributed by atoms with van der Waals surface area (Å²) < 4.78 is 10.0. The predicted molar refractivity (Wildman–Crippen MR) is 168 cm³/mol. The van der Waals surface area contributed by atoms with E-state index in [2.05, 4.69) is 83.9 Å². The van der Waals surface area contributed by atoms with Crippen molar-refractivity contribution in [1.82, 2.24) is 6.15 Å². The number of aliphatic hydroxyl groups is 1. The lowest BCUT2D eigenvalue weighted by Gasteiger charge is -2.14. The number of terminal acetylenes is 1. The van der Waals surface area contributed by atoms with Gasteiger partial charge >= 0.3 is 11.9 Å². The Bertz CT molecular complexity index is 1120. The Morgan fingerprint density at radius 1 is 0.778 bits per heavy atom. The second-order valence-electron chi connectivity index (χ2n) is 7.12. The van der Waals surface area contributed by atoms with Crippen LogP contribution in [0.3, 0.4) is 0 Å². The number of unbranched alkanes of at least 4 members (excludes halogenated alkanes) is 8. The first-order valence-electron chi connectivity index (χ1n) is 11.6. The maximum atomic E-state index is 11.9. The molecule has 214 valence electrons. The smallest absolute Gasteiger partial charge is 0.385 e. The lowest BCUT2D eigenvalue weighted by atomic mass is 10.1. The third-order valence-corrected chi connectivity index (χ3v) is 4.25. The monoisotopic (exact) mass is 513 g/mol. The molecule has 0 unspecified atom stereocenters. The highest BCUT2D eigenvalue weighted by Gasteiger charge is 2.15. The van der Waals surface area contributed by atoms with Gasteiger partial charge in [-0.15, -0.1) is 6.42 Å². The van der Waals surface area contributed by atoms with Gasteiger partial charge in [-0.1, -0.05) is 58.3 Å². The zero-order valence-electron chi connectivity index (χ0n) is 20.9. The molecule has 0 saturated heterocycles. The van der Waals surface area contributed by atoms with Crippen LogP contribution in [0.1, 0.15) is 89.7 Å². The number of carbonyl (C=O) groups is 2. The Hall–Kier alpha value is -4.22. The van der Waals surface area contributed by atoms with E-state index in [1.54, 1.807) is 0 Å². The number of rotatable bonds is 14. The van der Waals surface area contributed by atoms with Gasteiger partial charge in [0, 0.05) is 30.9 Å². The van der Waals surface area contributed by atoms with Crippen LogP contribution in [0, 0.1) is 83.4 Å². The number of esters is 2. The molecule has 0 fully saturated rings. The average Bonchev–Trinajstić information content (AvgIpc) is 2.86. The molecule has 4 N–H and O–H groups in total. The number of aliphatic hydroxyl groups excluding tert-OH is 1. The molecule has 0 spiro atoms. The summed E-state index contributed by atoms with van der Waals surface area (Å²) in [4.78, 5) is 23.5. The summed E-state index contributed by atoms with van der Waals surface area (Å²) in [6.45, 7) is 1.46. The van der Waals surface area contributed by atoms with Crippen molar-refractivity contribution in [3.63, 3.8) is 0 Å². The van der Waals surface area contributed by atoms with Gasteiger partial charge in [-0.2, -0.15) is 0 Å². The van der Waals surface area contributed by atoms with Crippen molar-refractivity contribution >= 4 is 11.9 Å². The Kier molecular flexibility index (Phi) is 25.5. The molecule has 0 rings (SSSR count). The highest BCUT2D eigenvalue weighted by molar-refractivity contribution is 5.89. The zero-order chi connectivity index (χ0) is 25.8. The van der Waals surface area contributed by atoms with E-state index < -0.39 is 24.6 Å². The van der Waals surface area contributed by atoms with Crippen molar-refractivity contribution < 1.29 is 42.7 Å². The molecule has 6 nitrogen and oxygen atoms in total. The minimum atomic E-state index is -0.928. The molecule has 36 heavy (non-hydrogen) atoms. The highest BCUT2D eigenvalue weighted by Crippen LogP contribution is 2.11. The topological polar surface area (TPSA) is 108 Å². The molecule has 0 aliphatic heterocycles. The van der Waals surface area contributed by atoms with E-state index in [0.717, 1.165) is 19.3 Å². The molecule has 6 heteroatoms. The molecule has 0 aromatic carbocycles. The SMILES string of the molecule is C#CC#CC#CC#CC#CC#CC#CC(=O)OC[C@@H](CO)OC(=O)CCCCCCCCCCC.N.[HH].[HH].[HH].[HH].[HH].[HH].[HH].[HH].[HH].[HH].[HH].[HH].[HH]. The molecule has 0 amide bonds.